The van der Waals surface area contributed by atoms with Gasteiger partial charge in [0.1, 0.15) is 5.82 Å². The Morgan fingerprint density at radius 2 is 1.92 bits per heavy atom. The maximum atomic E-state index is 13.1. The Labute approximate surface area is 145 Å². The molecule has 0 amide bonds. The molecule has 0 aromatic heterocycles. The van der Waals surface area contributed by atoms with Crippen molar-refractivity contribution in [2.24, 2.45) is 5.92 Å². The van der Waals surface area contributed by atoms with E-state index in [1.54, 1.807) is 18.2 Å². The molecule has 1 aliphatic rings. The largest absolute Gasteiger partial charge is 0.378 e. The first-order chi connectivity index (χ1) is 11.5. The van der Waals surface area contributed by atoms with Crippen LogP contribution < -0.4 is 0 Å². The normalized spacial score (nSPS) is 21.6. The number of ketones is 1. The van der Waals surface area contributed by atoms with Crippen LogP contribution >= 0.6 is 0 Å². The smallest absolute Gasteiger partial charge is 0.157 e. The highest BCUT2D eigenvalue weighted by Crippen LogP contribution is 2.36. The molecule has 0 saturated heterocycles. The zero-order valence-corrected chi connectivity index (χ0v) is 15.2. The van der Waals surface area contributed by atoms with Crippen LogP contribution in [0.3, 0.4) is 0 Å². The molecule has 0 spiro atoms. The van der Waals surface area contributed by atoms with Crippen molar-refractivity contribution in [1.82, 2.24) is 4.90 Å². The fourth-order valence-corrected chi connectivity index (χ4v) is 3.77. The van der Waals surface area contributed by atoms with Crippen LogP contribution in [0.4, 0.5) is 4.39 Å². The molecule has 1 aromatic rings. The summed E-state index contributed by atoms with van der Waals surface area (Å²) in [6, 6.07) is 7.01. The monoisotopic (exact) mass is 331 g/mol. The van der Waals surface area contributed by atoms with Gasteiger partial charge in [-0.25, -0.2) is 4.39 Å². The second kappa shape index (κ2) is 9.00. The standard InChI is InChI=1S/C21H30FNO/c1-4-20(14-21(24)5-2)23(3)15-16-7-6-8-18(13-16)17-9-11-19(22)12-10-17/h9-12,14,16,18H,4-8,13,15H2,1-3H3/b20-14+/t16-,18+/m0/s1. The molecule has 2 nitrogen and oxygen atoms in total. The van der Waals surface area contributed by atoms with E-state index in [9.17, 15) is 9.18 Å². The minimum Gasteiger partial charge on any atom is -0.378 e. The maximum Gasteiger partial charge on any atom is 0.157 e. The van der Waals surface area contributed by atoms with Crippen molar-refractivity contribution >= 4 is 5.78 Å². The van der Waals surface area contributed by atoms with Crippen LogP contribution in [0.1, 0.15) is 63.9 Å². The first kappa shape index (κ1) is 18.7. The van der Waals surface area contributed by atoms with Crippen LogP contribution in [0.25, 0.3) is 0 Å². The Balaban J connectivity index is 1.98. The van der Waals surface area contributed by atoms with Crippen molar-refractivity contribution in [3.63, 3.8) is 0 Å². The van der Waals surface area contributed by atoms with Gasteiger partial charge in [0.2, 0.25) is 0 Å². The number of rotatable bonds is 7. The SMILES string of the molecule is CCC(=O)/C=C(\CC)N(C)C[C@H]1CCC[C@@H](c2ccc(F)cc2)C1. The predicted molar refractivity (Wildman–Crippen MR) is 97.4 cm³/mol. The Hall–Kier alpha value is -1.64. The molecule has 1 saturated carbocycles. The molecule has 0 radical (unpaired) electrons. The highest BCUT2D eigenvalue weighted by Gasteiger charge is 2.24. The molecule has 0 heterocycles. The third-order valence-corrected chi connectivity index (χ3v) is 5.18. The number of carbonyl (C=O) groups is 1. The summed E-state index contributed by atoms with van der Waals surface area (Å²) in [5.41, 5.74) is 2.39. The Bertz CT molecular complexity index is 564. The maximum absolute atomic E-state index is 13.1. The molecule has 1 fully saturated rings. The highest BCUT2D eigenvalue weighted by molar-refractivity contribution is 5.89. The van der Waals surface area contributed by atoms with E-state index in [0.717, 1.165) is 25.1 Å². The van der Waals surface area contributed by atoms with Crippen molar-refractivity contribution in [2.45, 2.75) is 58.3 Å². The Morgan fingerprint density at radius 1 is 1.21 bits per heavy atom. The molecule has 1 aromatic carbocycles. The van der Waals surface area contributed by atoms with Gasteiger partial charge in [-0.1, -0.05) is 32.4 Å². The van der Waals surface area contributed by atoms with Crippen molar-refractivity contribution < 1.29 is 9.18 Å². The summed E-state index contributed by atoms with van der Waals surface area (Å²) in [5.74, 6) is 1.20. The minimum atomic E-state index is -0.163. The summed E-state index contributed by atoms with van der Waals surface area (Å²) in [7, 11) is 2.10. The summed E-state index contributed by atoms with van der Waals surface area (Å²) in [6.45, 7) is 5.00. The number of hydrogen-bond acceptors (Lipinski definition) is 2. The summed E-state index contributed by atoms with van der Waals surface area (Å²) < 4.78 is 13.1. The number of halogens is 1. The van der Waals surface area contributed by atoms with Gasteiger partial charge in [-0.05, 0) is 55.2 Å². The van der Waals surface area contributed by atoms with E-state index in [2.05, 4.69) is 18.9 Å². The second-order valence-corrected chi connectivity index (χ2v) is 6.97. The van der Waals surface area contributed by atoms with Gasteiger partial charge in [-0.15, -0.1) is 0 Å². The molecule has 0 bridgehead atoms. The highest BCUT2D eigenvalue weighted by atomic mass is 19.1. The molecule has 2 rings (SSSR count). The molecule has 132 valence electrons. The Kier molecular flexibility index (Phi) is 7.01. The molecule has 24 heavy (non-hydrogen) atoms. The lowest BCUT2D eigenvalue weighted by molar-refractivity contribution is -0.114. The zero-order chi connectivity index (χ0) is 17.5. The average molecular weight is 331 g/mol. The summed E-state index contributed by atoms with van der Waals surface area (Å²) in [5, 5.41) is 0. The summed E-state index contributed by atoms with van der Waals surface area (Å²) in [4.78, 5) is 14.0. The van der Waals surface area contributed by atoms with Crippen LogP contribution in [-0.2, 0) is 4.79 Å². The van der Waals surface area contributed by atoms with Crippen LogP contribution in [0.2, 0.25) is 0 Å². The molecule has 0 N–H and O–H groups in total. The average Bonchev–Trinajstić information content (AvgIpc) is 2.60. The van der Waals surface area contributed by atoms with Gasteiger partial charge >= 0.3 is 0 Å². The van der Waals surface area contributed by atoms with E-state index < -0.39 is 0 Å². The quantitative estimate of drug-likeness (QED) is 0.632. The van der Waals surface area contributed by atoms with Gasteiger partial charge in [0.05, 0.1) is 0 Å². The fraction of sp³-hybridized carbons (Fsp3) is 0.571. The fourth-order valence-electron chi connectivity index (χ4n) is 3.77. The van der Waals surface area contributed by atoms with Crippen molar-refractivity contribution in [3.05, 3.63) is 47.4 Å². The van der Waals surface area contributed by atoms with Crippen LogP contribution in [0.15, 0.2) is 36.0 Å². The Morgan fingerprint density at radius 3 is 2.54 bits per heavy atom. The lowest BCUT2D eigenvalue weighted by Gasteiger charge is -2.33. The molecule has 1 aliphatic carbocycles. The van der Waals surface area contributed by atoms with Gasteiger partial charge < -0.3 is 4.90 Å². The molecule has 3 heteroatoms. The van der Waals surface area contributed by atoms with E-state index in [0.29, 0.717) is 18.3 Å². The number of carbonyl (C=O) groups excluding carboxylic acids is 1. The van der Waals surface area contributed by atoms with Gasteiger partial charge in [-0.2, -0.15) is 0 Å². The topological polar surface area (TPSA) is 20.3 Å². The van der Waals surface area contributed by atoms with E-state index >= 15 is 0 Å². The van der Waals surface area contributed by atoms with Crippen molar-refractivity contribution in [2.75, 3.05) is 13.6 Å². The van der Waals surface area contributed by atoms with Crippen molar-refractivity contribution in [3.8, 4) is 0 Å². The summed E-state index contributed by atoms with van der Waals surface area (Å²) >= 11 is 0. The van der Waals surface area contributed by atoms with Gasteiger partial charge in [0.15, 0.2) is 5.78 Å². The third-order valence-electron chi connectivity index (χ3n) is 5.18. The minimum absolute atomic E-state index is 0.163. The van der Waals surface area contributed by atoms with Crippen LogP contribution in [-0.4, -0.2) is 24.3 Å². The number of nitrogens with zero attached hydrogens (tertiary/aromatic N) is 1. The number of hydrogen-bond donors (Lipinski definition) is 0. The predicted octanol–water partition coefficient (Wildman–Crippen LogP) is 5.30. The van der Waals surface area contributed by atoms with Crippen LogP contribution in [0, 0.1) is 11.7 Å². The van der Waals surface area contributed by atoms with Crippen LogP contribution in [0.5, 0.6) is 0 Å². The number of benzene rings is 1. The molecular weight excluding hydrogens is 301 g/mol. The van der Waals surface area contributed by atoms with Gasteiger partial charge in [0, 0.05) is 31.8 Å². The lowest BCUT2D eigenvalue weighted by Crippen LogP contribution is -2.28. The second-order valence-electron chi connectivity index (χ2n) is 6.97. The molecule has 0 aliphatic heterocycles. The number of allylic oxidation sites excluding steroid dienone is 2. The summed E-state index contributed by atoms with van der Waals surface area (Å²) in [6.07, 6.45) is 8.05. The third kappa shape index (κ3) is 5.19. The van der Waals surface area contributed by atoms with E-state index in [1.165, 1.54) is 24.8 Å². The van der Waals surface area contributed by atoms with Gasteiger partial charge in [0.25, 0.3) is 0 Å². The molecule has 0 unspecified atom stereocenters. The van der Waals surface area contributed by atoms with E-state index in [-0.39, 0.29) is 11.6 Å². The molecule has 2 atom stereocenters. The molecular formula is C21H30FNO. The zero-order valence-electron chi connectivity index (χ0n) is 15.2. The van der Waals surface area contributed by atoms with E-state index in [1.807, 2.05) is 19.1 Å². The van der Waals surface area contributed by atoms with E-state index in [4.69, 9.17) is 0 Å². The first-order valence-electron chi connectivity index (χ1n) is 9.23. The van der Waals surface area contributed by atoms with Crippen molar-refractivity contribution in [1.29, 1.82) is 0 Å². The first-order valence-corrected chi connectivity index (χ1v) is 9.23. The lowest BCUT2D eigenvalue weighted by atomic mass is 9.78. The van der Waals surface area contributed by atoms with Gasteiger partial charge in [-0.3, -0.25) is 4.79 Å².